The Morgan fingerprint density at radius 3 is 2.57 bits per heavy atom. The van der Waals surface area contributed by atoms with E-state index in [-0.39, 0.29) is 0 Å². The highest BCUT2D eigenvalue weighted by molar-refractivity contribution is 7.92. The summed E-state index contributed by atoms with van der Waals surface area (Å²) in [5, 5.41) is 3.27. The van der Waals surface area contributed by atoms with Crippen molar-refractivity contribution in [2.45, 2.75) is 17.9 Å². The molecule has 0 atom stereocenters. The molecule has 0 radical (unpaired) electrons. The first-order chi connectivity index (χ1) is 10.1. The minimum Gasteiger partial charge on any atom is -0.312 e. The minimum atomic E-state index is -3.53. The van der Waals surface area contributed by atoms with Gasteiger partial charge in [0, 0.05) is 13.6 Å². The van der Waals surface area contributed by atoms with Gasteiger partial charge in [-0.2, -0.15) is 0 Å². The molecule has 2 aromatic rings. The Labute approximate surface area is 125 Å². The van der Waals surface area contributed by atoms with Crippen molar-refractivity contribution in [2.75, 3.05) is 17.9 Å². The van der Waals surface area contributed by atoms with Crippen LogP contribution >= 0.6 is 0 Å². The SMILES string of the molecule is CN(c1ccccc1)S(=O)(=O)c1cccc2c1CCNC2. The quantitative estimate of drug-likeness (QED) is 0.945. The number of hydrogen-bond donors (Lipinski definition) is 1. The van der Waals surface area contributed by atoms with Gasteiger partial charge < -0.3 is 5.32 Å². The summed E-state index contributed by atoms with van der Waals surface area (Å²) in [6.45, 7) is 1.54. The molecule has 1 aliphatic heterocycles. The molecule has 0 aliphatic carbocycles. The second kappa shape index (κ2) is 5.50. The highest BCUT2D eigenvalue weighted by atomic mass is 32.2. The lowest BCUT2D eigenvalue weighted by atomic mass is 10.0. The van der Waals surface area contributed by atoms with E-state index >= 15 is 0 Å². The zero-order chi connectivity index (χ0) is 14.9. The molecule has 0 amide bonds. The average Bonchev–Trinajstić information content (AvgIpc) is 2.54. The van der Waals surface area contributed by atoms with Gasteiger partial charge in [-0.3, -0.25) is 4.31 Å². The van der Waals surface area contributed by atoms with Crippen LogP contribution in [0.3, 0.4) is 0 Å². The second-order valence-corrected chi connectivity index (χ2v) is 7.07. The lowest BCUT2D eigenvalue weighted by Gasteiger charge is -2.24. The molecule has 1 N–H and O–H groups in total. The maximum absolute atomic E-state index is 12.9. The molecule has 0 bridgehead atoms. The van der Waals surface area contributed by atoms with E-state index in [1.807, 2.05) is 30.3 Å². The van der Waals surface area contributed by atoms with E-state index in [2.05, 4.69) is 5.32 Å². The first kappa shape index (κ1) is 14.1. The summed E-state index contributed by atoms with van der Waals surface area (Å²) in [5.41, 5.74) is 2.69. The maximum Gasteiger partial charge on any atom is 0.264 e. The minimum absolute atomic E-state index is 0.424. The number of hydrogen-bond acceptors (Lipinski definition) is 3. The van der Waals surface area contributed by atoms with Crippen LogP contribution in [0.1, 0.15) is 11.1 Å². The van der Waals surface area contributed by atoms with Crippen LogP contribution in [-0.4, -0.2) is 22.0 Å². The summed E-state index contributed by atoms with van der Waals surface area (Å²) in [7, 11) is -1.93. The fourth-order valence-corrected chi connectivity index (χ4v) is 4.15. The van der Waals surface area contributed by atoms with Gasteiger partial charge >= 0.3 is 0 Å². The molecule has 110 valence electrons. The van der Waals surface area contributed by atoms with Crippen molar-refractivity contribution < 1.29 is 8.42 Å². The van der Waals surface area contributed by atoms with Crippen molar-refractivity contribution in [1.82, 2.24) is 5.32 Å². The van der Waals surface area contributed by atoms with Crippen molar-refractivity contribution >= 4 is 15.7 Å². The molecule has 3 rings (SSSR count). The van der Waals surface area contributed by atoms with Crippen LogP contribution in [0.5, 0.6) is 0 Å². The fraction of sp³-hybridized carbons (Fsp3) is 0.250. The number of fused-ring (bicyclic) bond motifs is 1. The molecule has 0 aromatic heterocycles. The number of nitrogens with zero attached hydrogens (tertiary/aromatic N) is 1. The largest absolute Gasteiger partial charge is 0.312 e. The van der Waals surface area contributed by atoms with Crippen LogP contribution in [0, 0.1) is 0 Å². The van der Waals surface area contributed by atoms with E-state index in [1.165, 1.54) is 4.31 Å². The third-order valence-corrected chi connectivity index (χ3v) is 5.73. The highest BCUT2D eigenvalue weighted by Gasteiger charge is 2.26. The molecule has 2 aromatic carbocycles. The highest BCUT2D eigenvalue weighted by Crippen LogP contribution is 2.27. The van der Waals surface area contributed by atoms with E-state index < -0.39 is 10.0 Å². The van der Waals surface area contributed by atoms with Crippen molar-refractivity contribution in [1.29, 1.82) is 0 Å². The van der Waals surface area contributed by atoms with Crippen molar-refractivity contribution in [3.63, 3.8) is 0 Å². The molecule has 1 aliphatic rings. The number of sulfonamides is 1. The Morgan fingerprint density at radius 2 is 1.81 bits per heavy atom. The first-order valence-electron chi connectivity index (χ1n) is 6.96. The summed E-state index contributed by atoms with van der Waals surface area (Å²) in [5.74, 6) is 0. The van der Waals surface area contributed by atoms with Gasteiger partial charge in [0.1, 0.15) is 0 Å². The van der Waals surface area contributed by atoms with Gasteiger partial charge in [0.15, 0.2) is 0 Å². The predicted molar refractivity (Wildman–Crippen MR) is 83.9 cm³/mol. The van der Waals surface area contributed by atoms with Crippen molar-refractivity contribution in [2.24, 2.45) is 0 Å². The van der Waals surface area contributed by atoms with Gasteiger partial charge in [-0.25, -0.2) is 8.42 Å². The molecule has 0 saturated heterocycles. The number of benzene rings is 2. The molecule has 0 spiro atoms. The molecule has 21 heavy (non-hydrogen) atoms. The second-order valence-electron chi connectivity index (χ2n) is 5.13. The molecule has 4 nitrogen and oxygen atoms in total. The maximum atomic E-state index is 12.9. The van der Waals surface area contributed by atoms with E-state index in [4.69, 9.17) is 0 Å². The van der Waals surface area contributed by atoms with Crippen LogP contribution in [0.15, 0.2) is 53.4 Å². The van der Waals surface area contributed by atoms with Crippen LogP contribution in [0.4, 0.5) is 5.69 Å². The number of anilines is 1. The average molecular weight is 302 g/mol. The summed E-state index contributed by atoms with van der Waals surface area (Å²) < 4.78 is 27.2. The zero-order valence-corrected chi connectivity index (χ0v) is 12.7. The number of para-hydroxylation sites is 1. The third kappa shape index (κ3) is 2.54. The molecular formula is C16H18N2O2S. The Balaban J connectivity index is 2.07. The third-order valence-electron chi connectivity index (χ3n) is 3.86. The monoisotopic (exact) mass is 302 g/mol. The summed E-state index contributed by atoms with van der Waals surface area (Å²) in [6, 6.07) is 14.7. The number of nitrogens with one attached hydrogen (secondary N) is 1. The summed E-state index contributed by atoms with van der Waals surface area (Å²) in [4.78, 5) is 0.424. The predicted octanol–water partition coefficient (Wildman–Crippen LogP) is 2.16. The molecular weight excluding hydrogens is 284 g/mol. The van der Waals surface area contributed by atoms with Crippen LogP contribution in [-0.2, 0) is 23.0 Å². The molecule has 1 heterocycles. The molecule has 5 heteroatoms. The topological polar surface area (TPSA) is 49.4 Å². The zero-order valence-electron chi connectivity index (χ0n) is 11.9. The van der Waals surface area contributed by atoms with Crippen molar-refractivity contribution in [3.8, 4) is 0 Å². The Kier molecular flexibility index (Phi) is 3.69. The van der Waals surface area contributed by atoms with Gasteiger partial charge in [-0.05, 0) is 42.3 Å². The Bertz CT molecular complexity index is 742. The van der Waals surface area contributed by atoms with Crippen molar-refractivity contribution in [3.05, 3.63) is 59.7 Å². The van der Waals surface area contributed by atoms with Gasteiger partial charge in [0.25, 0.3) is 10.0 Å². The van der Waals surface area contributed by atoms with Crippen LogP contribution in [0.2, 0.25) is 0 Å². The lowest BCUT2D eigenvalue weighted by Crippen LogP contribution is -2.30. The standard InChI is InChI=1S/C16H18N2O2S/c1-18(14-7-3-2-4-8-14)21(19,20)16-9-5-6-13-12-17-11-10-15(13)16/h2-9,17H,10-12H2,1H3. The Morgan fingerprint density at radius 1 is 1.05 bits per heavy atom. The molecule has 0 unspecified atom stereocenters. The first-order valence-corrected chi connectivity index (χ1v) is 8.40. The van der Waals surface area contributed by atoms with Gasteiger partial charge in [-0.1, -0.05) is 30.3 Å². The fourth-order valence-electron chi connectivity index (χ4n) is 2.66. The van der Waals surface area contributed by atoms with E-state index in [0.717, 1.165) is 30.6 Å². The normalized spacial score (nSPS) is 14.5. The smallest absolute Gasteiger partial charge is 0.264 e. The van der Waals surface area contributed by atoms with E-state index in [1.54, 1.807) is 25.2 Å². The summed E-state index contributed by atoms with van der Waals surface area (Å²) >= 11 is 0. The molecule has 0 fully saturated rings. The molecule has 0 saturated carbocycles. The van der Waals surface area contributed by atoms with E-state index in [9.17, 15) is 8.42 Å². The van der Waals surface area contributed by atoms with Gasteiger partial charge in [0.05, 0.1) is 10.6 Å². The van der Waals surface area contributed by atoms with E-state index in [0.29, 0.717) is 10.6 Å². The Hall–Kier alpha value is -1.85. The number of rotatable bonds is 3. The summed E-state index contributed by atoms with van der Waals surface area (Å²) in [6.07, 6.45) is 0.743. The lowest BCUT2D eigenvalue weighted by molar-refractivity contribution is 0.587. The van der Waals surface area contributed by atoms with Gasteiger partial charge in [-0.15, -0.1) is 0 Å². The van der Waals surface area contributed by atoms with Gasteiger partial charge in [0.2, 0.25) is 0 Å². The van der Waals surface area contributed by atoms with Crippen LogP contribution < -0.4 is 9.62 Å². The van der Waals surface area contributed by atoms with Crippen LogP contribution in [0.25, 0.3) is 0 Å².